The first-order valence-electron chi connectivity index (χ1n) is 7.52. The number of benzene rings is 1. The van der Waals surface area contributed by atoms with Crippen molar-refractivity contribution in [2.75, 3.05) is 6.54 Å². The Bertz CT molecular complexity index is 433. The molecule has 0 saturated heterocycles. The predicted molar refractivity (Wildman–Crippen MR) is 80.9 cm³/mol. The molecule has 1 N–H and O–H groups in total. The first-order valence-corrected chi connectivity index (χ1v) is 7.52. The summed E-state index contributed by atoms with van der Waals surface area (Å²) >= 11 is 0. The maximum atomic E-state index is 6.26. The van der Waals surface area contributed by atoms with Crippen LogP contribution in [0.3, 0.4) is 0 Å². The number of rotatable bonds is 4. The van der Waals surface area contributed by atoms with Crippen molar-refractivity contribution in [2.24, 2.45) is 0 Å². The van der Waals surface area contributed by atoms with Crippen molar-refractivity contribution in [3.05, 3.63) is 29.3 Å². The molecule has 0 aliphatic carbocycles. The topological polar surface area (TPSA) is 21.3 Å². The van der Waals surface area contributed by atoms with Gasteiger partial charge in [0.05, 0.1) is 6.04 Å². The Balaban J connectivity index is 2.38. The molecule has 0 aromatic heterocycles. The smallest absolute Gasteiger partial charge is 0.128 e. The highest BCUT2D eigenvalue weighted by Gasteiger charge is 2.36. The number of hydrogen-bond donors (Lipinski definition) is 1. The van der Waals surface area contributed by atoms with Crippen molar-refractivity contribution in [2.45, 2.75) is 65.0 Å². The van der Waals surface area contributed by atoms with Crippen LogP contribution < -0.4 is 10.1 Å². The van der Waals surface area contributed by atoms with E-state index in [2.05, 4.69) is 58.1 Å². The van der Waals surface area contributed by atoms with Crippen molar-refractivity contribution in [1.82, 2.24) is 5.32 Å². The summed E-state index contributed by atoms with van der Waals surface area (Å²) in [6, 6.07) is 6.94. The van der Waals surface area contributed by atoms with Crippen LogP contribution in [-0.2, 0) is 5.41 Å². The second-order valence-corrected chi connectivity index (χ2v) is 6.47. The van der Waals surface area contributed by atoms with Crippen LogP contribution in [0.4, 0.5) is 0 Å². The summed E-state index contributed by atoms with van der Waals surface area (Å²) in [6.45, 7) is 12.2. The molecule has 0 radical (unpaired) electrons. The van der Waals surface area contributed by atoms with Gasteiger partial charge >= 0.3 is 0 Å². The normalized spacial score (nSPS) is 22.2. The van der Waals surface area contributed by atoms with Gasteiger partial charge in [0.15, 0.2) is 0 Å². The molecule has 106 valence electrons. The van der Waals surface area contributed by atoms with E-state index in [1.54, 1.807) is 0 Å². The molecule has 2 rings (SSSR count). The van der Waals surface area contributed by atoms with Crippen molar-refractivity contribution in [1.29, 1.82) is 0 Å². The van der Waals surface area contributed by atoms with Gasteiger partial charge in [0.2, 0.25) is 0 Å². The first kappa shape index (κ1) is 14.4. The third kappa shape index (κ3) is 2.79. The molecule has 2 atom stereocenters. The van der Waals surface area contributed by atoms with Gasteiger partial charge in [-0.1, -0.05) is 52.8 Å². The first-order chi connectivity index (χ1) is 8.99. The Hall–Kier alpha value is -1.02. The number of ether oxygens (including phenoxy) is 1. The van der Waals surface area contributed by atoms with Gasteiger partial charge in [-0.2, -0.15) is 0 Å². The van der Waals surface area contributed by atoms with Crippen molar-refractivity contribution >= 4 is 0 Å². The van der Waals surface area contributed by atoms with Crippen LogP contribution in [-0.4, -0.2) is 12.6 Å². The monoisotopic (exact) mass is 261 g/mol. The predicted octanol–water partition coefficient (Wildman–Crippen LogP) is 4.20. The molecule has 1 aromatic carbocycles. The lowest BCUT2D eigenvalue weighted by molar-refractivity contribution is 0.182. The van der Waals surface area contributed by atoms with Crippen LogP contribution >= 0.6 is 0 Å². The minimum absolute atomic E-state index is 0.128. The van der Waals surface area contributed by atoms with Crippen LogP contribution in [0.1, 0.15) is 64.6 Å². The van der Waals surface area contributed by atoms with Crippen LogP contribution in [0.2, 0.25) is 0 Å². The third-order valence-corrected chi connectivity index (χ3v) is 3.85. The fraction of sp³-hybridized carbons (Fsp3) is 0.647. The van der Waals surface area contributed by atoms with E-state index in [4.69, 9.17) is 4.74 Å². The van der Waals surface area contributed by atoms with Crippen LogP contribution in [0.25, 0.3) is 0 Å². The SMILES string of the molecule is CCCNC1c2cccc(C(C)(C)C)c2OC1CC. The van der Waals surface area contributed by atoms with Gasteiger partial charge < -0.3 is 10.1 Å². The summed E-state index contributed by atoms with van der Waals surface area (Å²) < 4.78 is 6.26. The van der Waals surface area contributed by atoms with E-state index < -0.39 is 0 Å². The Morgan fingerprint density at radius 2 is 1.95 bits per heavy atom. The van der Waals surface area contributed by atoms with Gasteiger partial charge in [0.25, 0.3) is 0 Å². The Labute approximate surface area is 117 Å². The summed E-state index contributed by atoms with van der Waals surface area (Å²) in [5.74, 6) is 1.12. The van der Waals surface area contributed by atoms with Crippen LogP contribution in [0, 0.1) is 0 Å². The van der Waals surface area contributed by atoms with Crippen LogP contribution in [0.5, 0.6) is 5.75 Å². The number of para-hydroxylation sites is 1. The average Bonchev–Trinajstić information content (AvgIpc) is 2.72. The molecular formula is C17H27NO. The van der Waals surface area contributed by atoms with Gasteiger partial charge in [0, 0.05) is 5.56 Å². The second kappa shape index (κ2) is 5.54. The lowest BCUT2D eigenvalue weighted by Crippen LogP contribution is -2.31. The molecule has 0 bridgehead atoms. The zero-order valence-electron chi connectivity index (χ0n) is 12.9. The maximum absolute atomic E-state index is 6.26. The van der Waals surface area contributed by atoms with Gasteiger partial charge in [0.1, 0.15) is 11.9 Å². The summed E-state index contributed by atoms with van der Waals surface area (Å²) in [7, 11) is 0. The molecular weight excluding hydrogens is 234 g/mol. The highest BCUT2D eigenvalue weighted by atomic mass is 16.5. The number of fused-ring (bicyclic) bond motifs is 1. The molecule has 1 aliphatic heterocycles. The molecule has 0 saturated carbocycles. The molecule has 19 heavy (non-hydrogen) atoms. The van der Waals surface area contributed by atoms with Crippen molar-refractivity contribution in [3.63, 3.8) is 0 Å². The van der Waals surface area contributed by atoms with E-state index in [0.29, 0.717) is 6.04 Å². The van der Waals surface area contributed by atoms with E-state index in [9.17, 15) is 0 Å². The molecule has 0 amide bonds. The molecule has 2 unspecified atom stereocenters. The Morgan fingerprint density at radius 3 is 2.53 bits per heavy atom. The lowest BCUT2D eigenvalue weighted by atomic mass is 9.84. The van der Waals surface area contributed by atoms with E-state index in [-0.39, 0.29) is 11.5 Å². The van der Waals surface area contributed by atoms with Crippen molar-refractivity contribution < 1.29 is 4.74 Å². The van der Waals surface area contributed by atoms with E-state index >= 15 is 0 Å². The summed E-state index contributed by atoms with van der Waals surface area (Å²) in [4.78, 5) is 0. The lowest BCUT2D eigenvalue weighted by Gasteiger charge is -2.22. The van der Waals surface area contributed by atoms with Crippen molar-refractivity contribution in [3.8, 4) is 5.75 Å². The molecule has 2 nitrogen and oxygen atoms in total. The van der Waals surface area contributed by atoms with Gasteiger partial charge in [-0.3, -0.25) is 0 Å². The molecule has 2 heteroatoms. The molecule has 0 spiro atoms. The molecule has 1 aromatic rings. The number of hydrogen-bond acceptors (Lipinski definition) is 2. The summed E-state index contributed by atoms with van der Waals surface area (Å²) in [5.41, 5.74) is 2.79. The van der Waals surface area contributed by atoms with Gasteiger partial charge in [-0.25, -0.2) is 0 Å². The molecule has 0 fully saturated rings. The highest BCUT2D eigenvalue weighted by molar-refractivity contribution is 5.49. The highest BCUT2D eigenvalue weighted by Crippen LogP contribution is 2.44. The second-order valence-electron chi connectivity index (χ2n) is 6.47. The van der Waals surface area contributed by atoms with Gasteiger partial charge in [-0.15, -0.1) is 0 Å². The standard InChI is InChI=1S/C17H27NO/c1-6-11-18-15-12-9-8-10-13(17(3,4)5)16(12)19-14(15)7-2/h8-10,14-15,18H,6-7,11H2,1-5H3. The third-order valence-electron chi connectivity index (χ3n) is 3.85. The minimum Gasteiger partial charge on any atom is -0.488 e. The largest absolute Gasteiger partial charge is 0.488 e. The van der Waals surface area contributed by atoms with Crippen LogP contribution in [0.15, 0.2) is 18.2 Å². The Kier molecular flexibility index (Phi) is 4.19. The minimum atomic E-state index is 0.128. The van der Waals surface area contributed by atoms with E-state index in [0.717, 1.165) is 25.1 Å². The summed E-state index contributed by atoms with van der Waals surface area (Å²) in [6.07, 6.45) is 2.46. The Morgan fingerprint density at radius 1 is 1.21 bits per heavy atom. The fourth-order valence-electron chi connectivity index (χ4n) is 2.80. The quantitative estimate of drug-likeness (QED) is 0.877. The maximum Gasteiger partial charge on any atom is 0.128 e. The molecule has 1 heterocycles. The molecule has 1 aliphatic rings. The fourth-order valence-corrected chi connectivity index (χ4v) is 2.80. The zero-order valence-corrected chi connectivity index (χ0v) is 12.9. The number of nitrogens with one attached hydrogen (secondary N) is 1. The average molecular weight is 261 g/mol. The summed E-state index contributed by atoms with van der Waals surface area (Å²) in [5, 5.41) is 3.64. The van der Waals surface area contributed by atoms with Gasteiger partial charge in [-0.05, 0) is 30.4 Å². The van der Waals surface area contributed by atoms with E-state index in [1.165, 1.54) is 11.1 Å². The zero-order chi connectivity index (χ0) is 14.0. The van der Waals surface area contributed by atoms with E-state index in [1.807, 2.05) is 0 Å².